The molecule has 98 valence electrons. The number of rotatable bonds is 6. The van der Waals surface area contributed by atoms with E-state index in [0.29, 0.717) is 18.4 Å². The van der Waals surface area contributed by atoms with Gasteiger partial charge in [-0.05, 0) is 12.0 Å². The summed E-state index contributed by atoms with van der Waals surface area (Å²) in [6.07, 6.45) is -0.369. The molecule has 0 aliphatic carbocycles. The van der Waals surface area contributed by atoms with Crippen LogP contribution in [0.1, 0.15) is 31.4 Å². The molecular weight excluding hydrogens is 234 g/mol. The van der Waals surface area contributed by atoms with E-state index in [2.05, 4.69) is 5.32 Å². The summed E-state index contributed by atoms with van der Waals surface area (Å²) in [5.41, 5.74) is 0.440. The number of aliphatic carboxylic acids is 1. The van der Waals surface area contributed by atoms with Crippen molar-refractivity contribution >= 4 is 11.9 Å². The first-order chi connectivity index (χ1) is 8.56. The number of carbonyl (C=O) groups is 2. The predicted octanol–water partition coefficient (Wildman–Crippen LogP) is 1.09. The van der Waals surface area contributed by atoms with E-state index < -0.39 is 24.0 Å². The van der Waals surface area contributed by atoms with Gasteiger partial charge in [0.05, 0.1) is 0 Å². The zero-order valence-electron chi connectivity index (χ0n) is 10.2. The molecule has 0 heterocycles. The summed E-state index contributed by atoms with van der Waals surface area (Å²) >= 11 is 0. The Labute approximate surface area is 105 Å². The van der Waals surface area contributed by atoms with Crippen LogP contribution in [0.2, 0.25) is 0 Å². The van der Waals surface area contributed by atoms with E-state index in [4.69, 9.17) is 5.11 Å². The number of carboxylic acid groups (broad SMARTS) is 1. The minimum atomic E-state index is -1.34. The molecule has 0 saturated heterocycles. The van der Waals surface area contributed by atoms with Crippen molar-refractivity contribution in [1.82, 2.24) is 5.32 Å². The fourth-order valence-corrected chi connectivity index (χ4v) is 1.58. The van der Waals surface area contributed by atoms with Gasteiger partial charge in [-0.25, -0.2) is 4.79 Å². The van der Waals surface area contributed by atoms with E-state index >= 15 is 0 Å². The highest BCUT2D eigenvalue weighted by atomic mass is 16.4. The Morgan fingerprint density at radius 1 is 1.28 bits per heavy atom. The van der Waals surface area contributed by atoms with E-state index in [1.54, 1.807) is 30.3 Å². The highest BCUT2D eigenvalue weighted by Gasteiger charge is 2.23. The van der Waals surface area contributed by atoms with Crippen molar-refractivity contribution in [1.29, 1.82) is 0 Å². The maximum atomic E-state index is 11.7. The lowest BCUT2D eigenvalue weighted by Gasteiger charge is -2.16. The quantitative estimate of drug-likeness (QED) is 0.706. The van der Waals surface area contributed by atoms with Gasteiger partial charge in [-0.3, -0.25) is 4.79 Å². The average molecular weight is 251 g/mol. The maximum Gasteiger partial charge on any atom is 0.326 e. The van der Waals surface area contributed by atoms with Crippen molar-refractivity contribution in [2.45, 2.75) is 31.9 Å². The Hall–Kier alpha value is -1.88. The molecule has 1 aromatic rings. The normalized spacial score (nSPS) is 13.7. The van der Waals surface area contributed by atoms with Gasteiger partial charge in [-0.1, -0.05) is 43.7 Å². The van der Waals surface area contributed by atoms with Gasteiger partial charge < -0.3 is 15.5 Å². The maximum absolute atomic E-state index is 11.7. The van der Waals surface area contributed by atoms with Crippen molar-refractivity contribution in [2.24, 2.45) is 0 Å². The van der Waals surface area contributed by atoms with Gasteiger partial charge in [0.2, 0.25) is 0 Å². The molecule has 0 bridgehead atoms. The minimum Gasteiger partial charge on any atom is -0.480 e. The molecule has 5 heteroatoms. The monoisotopic (exact) mass is 251 g/mol. The standard InChI is InChI=1S/C13H17NO4/c1-2-6-10(13(17)18)14-12(16)11(15)9-7-4-3-5-8-9/h3-5,7-8,10-11,15H,2,6H2,1H3,(H,14,16)(H,17,18). The highest BCUT2D eigenvalue weighted by Crippen LogP contribution is 2.12. The average Bonchev–Trinajstić information content (AvgIpc) is 2.38. The fraction of sp³-hybridized carbons (Fsp3) is 0.385. The molecule has 0 radical (unpaired) electrons. The second kappa shape index (κ2) is 6.76. The molecule has 0 fully saturated rings. The summed E-state index contributed by atoms with van der Waals surface area (Å²) < 4.78 is 0. The SMILES string of the molecule is CCCC(NC(=O)C(O)c1ccccc1)C(=O)O. The molecule has 0 spiro atoms. The molecule has 0 saturated carbocycles. The van der Waals surface area contributed by atoms with E-state index in [9.17, 15) is 14.7 Å². The molecular formula is C13H17NO4. The second-order valence-electron chi connectivity index (χ2n) is 4.00. The fourth-order valence-electron chi connectivity index (χ4n) is 1.58. The van der Waals surface area contributed by atoms with Crippen molar-refractivity contribution in [3.63, 3.8) is 0 Å². The van der Waals surface area contributed by atoms with Gasteiger partial charge in [0.25, 0.3) is 5.91 Å². The van der Waals surface area contributed by atoms with Crippen LogP contribution in [0.25, 0.3) is 0 Å². The topological polar surface area (TPSA) is 86.6 Å². The third-order valence-corrected chi connectivity index (χ3v) is 2.56. The van der Waals surface area contributed by atoms with Crippen molar-refractivity contribution in [3.8, 4) is 0 Å². The molecule has 2 unspecified atom stereocenters. The molecule has 1 aromatic carbocycles. The Kier molecular flexibility index (Phi) is 5.32. The zero-order valence-corrected chi connectivity index (χ0v) is 10.2. The van der Waals surface area contributed by atoms with Crippen LogP contribution in [0.15, 0.2) is 30.3 Å². The summed E-state index contributed by atoms with van der Waals surface area (Å²) in [7, 11) is 0. The van der Waals surface area contributed by atoms with Gasteiger partial charge in [0.1, 0.15) is 6.04 Å². The number of benzene rings is 1. The number of hydrogen-bond donors (Lipinski definition) is 3. The lowest BCUT2D eigenvalue weighted by molar-refractivity contribution is -0.143. The van der Waals surface area contributed by atoms with Crippen molar-refractivity contribution < 1.29 is 19.8 Å². The second-order valence-corrected chi connectivity index (χ2v) is 4.00. The smallest absolute Gasteiger partial charge is 0.326 e. The number of nitrogens with one attached hydrogen (secondary N) is 1. The molecule has 0 aliphatic heterocycles. The third kappa shape index (κ3) is 3.85. The van der Waals surface area contributed by atoms with Crippen LogP contribution in [0.5, 0.6) is 0 Å². The number of amides is 1. The zero-order chi connectivity index (χ0) is 13.5. The first-order valence-electron chi connectivity index (χ1n) is 5.82. The van der Waals surface area contributed by atoms with Gasteiger partial charge in [0.15, 0.2) is 6.10 Å². The Balaban J connectivity index is 2.67. The van der Waals surface area contributed by atoms with Crippen LogP contribution in [0, 0.1) is 0 Å². The molecule has 2 atom stereocenters. The number of carboxylic acids is 1. The van der Waals surface area contributed by atoms with E-state index in [1.807, 2.05) is 6.92 Å². The molecule has 0 aromatic heterocycles. The molecule has 5 nitrogen and oxygen atoms in total. The summed E-state index contributed by atoms with van der Waals surface area (Å²) in [4.78, 5) is 22.6. The Bertz CT molecular complexity index is 405. The summed E-state index contributed by atoms with van der Waals surface area (Å²) in [5.74, 6) is -1.78. The summed E-state index contributed by atoms with van der Waals surface area (Å²) in [6.45, 7) is 1.83. The van der Waals surface area contributed by atoms with Crippen LogP contribution in [-0.2, 0) is 9.59 Å². The van der Waals surface area contributed by atoms with E-state index in [1.165, 1.54) is 0 Å². The van der Waals surface area contributed by atoms with Crippen LogP contribution in [0.3, 0.4) is 0 Å². The lowest BCUT2D eigenvalue weighted by Crippen LogP contribution is -2.42. The Morgan fingerprint density at radius 2 is 1.89 bits per heavy atom. The van der Waals surface area contributed by atoms with Crippen LogP contribution in [-0.4, -0.2) is 28.1 Å². The van der Waals surface area contributed by atoms with E-state index in [0.717, 1.165) is 0 Å². The van der Waals surface area contributed by atoms with Gasteiger partial charge in [-0.2, -0.15) is 0 Å². The Morgan fingerprint density at radius 3 is 2.39 bits per heavy atom. The largest absolute Gasteiger partial charge is 0.480 e. The van der Waals surface area contributed by atoms with Gasteiger partial charge in [0, 0.05) is 0 Å². The molecule has 18 heavy (non-hydrogen) atoms. The van der Waals surface area contributed by atoms with Crippen molar-refractivity contribution in [3.05, 3.63) is 35.9 Å². The predicted molar refractivity (Wildman–Crippen MR) is 65.9 cm³/mol. The third-order valence-electron chi connectivity index (χ3n) is 2.56. The van der Waals surface area contributed by atoms with Gasteiger partial charge in [-0.15, -0.1) is 0 Å². The molecule has 1 amide bonds. The van der Waals surface area contributed by atoms with Crippen LogP contribution >= 0.6 is 0 Å². The summed E-state index contributed by atoms with van der Waals surface area (Å²) in [5, 5.41) is 21.0. The number of aliphatic hydroxyl groups excluding tert-OH is 1. The van der Waals surface area contributed by atoms with Crippen molar-refractivity contribution in [2.75, 3.05) is 0 Å². The first-order valence-corrected chi connectivity index (χ1v) is 5.82. The van der Waals surface area contributed by atoms with Crippen LogP contribution in [0.4, 0.5) is 0 Å². The van der Waals surface area contributed by atoms with Gasteiger partial charge >= 0.3 is 5.97 Å². The highest BCUT2D eigenvalue weighted by molar-refractivity contribution is 5.86. The minimum absolute atomic E-state index is 0.336. The number of hydrogen-bond acceptors (Lipinski definition) is 3. The number of aliphatic hydroxyl groups is 1. The molecule has 0 aliphatic rings. The van der Waals surface area contributed by atoms with Crippen LogP contribution < -0.4 is 5.32 Å². The number of carbonyl (C=O) groups excluding carboxylic acids is 1. The molecule has 1 rings (SSSR count). The first kappa shape index (κ1) is 14.2. The lowest BCUT2D eigenvalue weighted by atomic mass is 10.1. The summed E-state index contributed by atoms with van der Waals surface area (Å²) in [6, 6.07) is 7.44. The van der Waals surface area contributed by atoms with E-state index in [-0.39, 0.29) is 0 Å². The molecule has 3 N–H and O–H groups in total.